The quantitative estimate of drug-likeness (QED) is 0.600. The number of piperidine rings is 1. The van der Waals surface area contributed by atoms with Crippen molar-refractivity contribution in [3.63, 3.8) is 0 Å². The summed E-state index contributed by atoms with van der Waals surface area (Å²) in [7, 11) is 0. The largest absolute Gasteiger partial charge is 0.352 e. The van der Waals surface area contributed by atoms with Gasteiger partial charge in [0.25, 0.3) is 5.91 Å². The molecule has 3 aromatic rings. The van der Waals surface area contributed by atoms with Crippen molar-refractivity contribution in [1.82, 2.24) is 20.0 Å². The molecule has 2 aromatic carbocycles. The van der Waals surface area contributed by atoms with E-state index in [0.717, 1.165) is 47.3 Å². The lowest BCUT2D eigenvalue weighted by Crippen LogP contribution is -2.43. The SMILES string of the molecule is Cc1ccc(CNC(=O)C2CCN(C(=O)c3nn(-c4ccccc4C)c4c3CCC4)CC2)cc1F. The van der Waals surface area contributed by atoms with Crippen molar-refractivity contribution in [3.8, 4) is 5.69 Å². The summed E-state index contributed by atoms with van der Waals surface area (Å²) in [5.41, 5.74) is 6.26. The second-order valence-electron chi connectivity index (χ2n) is 9.69. The second-order valence-corrected chi connectivity index (χ2v) is 9.69. The van der Waals surface area contributed by atoms with Crippen LogP contribution in [0.15, 0.2) is 42.5 Å². The minimum atomic E-state index is -0.264. The highest BCUT2D eigenvalue weighted by Crippen LogP contribution is 2.30. The molecule has 1 saturated heterocycles. The van der Waals surface area contributed by atoms with Crippen molar-refractivity contribution < 1.29 is 14.0 Å². The number of carbonyl (C=O) groups excluding carboxylic acids is 2. The fourth-order valence-electron chi connectivity index (χ4n) is 5.18. The molecule has 0 atom stereocenters. The van der Waals surface area contributed by atoms with Gasteiger partial charge in [0.15, 0.2) is 5.69 Å². The molecule has 6 nitrogen and oxygen atoms in total. The second kappa shape index (κ2) is 9.64. The Hall–Kier alpha value is -3.48. The summed E-state index contributed by atoms with van der Waals surface area (Å²) in [6.07, 6.45) is 4.06. The van der Waals surface area contributed by atoms with Gasteiger partial charge in [-0.2, -0.15) is 5.10 Å². The van der Waals surface area contributed by atoms with Crippen molar-refractivity contribution in [3.05, 3.63) is 81.9 Å². The lowest BCUT2D eigenvalue weighted by molar-refractivity contribution is -0.126. The Morgan fingerprint density at radius 3 is 2.57 bits per heavy atom. The maximum atomic E-state index is 13.8. The molecule has 2 aliphatic rings. The van der Waals surface area contributed by atoms with Crippen LogP contribution in [0.25, 0.3) is 5.69 Å². The molecule has 1 aromatic heterocycles. The number of amides is 2. The number of rotatable bonds is 5. The molecule has 0 bridgehead atoms. The number of nitrogens with one attached hydrogen (secondary N) is 1. The van der Waals surface area contributed by atoms with E-state index in [9.17, 15) is 14.0 Å². The molecule has 0 saturated carbocycles. The van der Waals surface area contributed by atoms with Gasteiger partial charge in [0.1, 0.15) is 5.82 Å². The number of aryl methyl sites for hydroxylation is 2. The summed E-state index contributed by atoms with van der Waals surface area (Å²) in [6, 6.07) is 13.1. The van der Waals surface area contributed by atoms with Crippen molar-refractivity contribution >= 4 is 11.8 Å². The predicted octanol–water partition coefficient (Wildman–Crippen LogP) is 4.29. The average molecular weight is 475 g/mol. The van der Waals surface area contributed by atoms with Gasteiger partial charge in [-0.05, 0) is 74.8 Å². The number of fused-ring (bicyclic) bond motifs is 1. The van der Waals surface area contributed by atoms with Gasteiger partial charge in [-0.15, -0.1) is 0 Å². The van der Waals surface area contributed by atoms with Gasteiger partial charge in [0, 0.05) is 36.8 Å². The smallest absolute Gasteiger partial charge is 0.274 e. The number of para-hydroxylation sites is 1. The first-order valence-electron chi connectivity index (χ1n) is 12.4. The van der Waals surface area contributed by atoms with Crippen LogP contribution in [0.5, 0.6) is 0 Å². The number of aromatic nitrogens is 2. The zero-order valence-corrected chi connectivity index (χ0v) is 20.3. The molecule has 1 aliphatic carbocycles. The summed E-state index contributed by atoms with van der Waals surface area (Å²) in [5, 5.41) is 7.71. The Bertz CT molecular complexity index is 1270. The zero-order valence-electron chi connectivity index (χ0n) is 20.3. The monoisotopic (exact) mass is 474 g/mol. The van der Waals surface area contributed by atoms with E-state index in [1.807, 2.05) is 33.8 Å². The third kappa shape index (κ3) is 4.59. The Kier molecular flexibility index (Phi) is 6.41. The molecule has 2 amide bonds. The third-order valence-electron chi connectivity index (χ3n) is 7.33. The van der Waals surface area contributed by atoms with Crippen LogP contribution >= 0.6 is 0 Å². The molecule has 0 spiro atoms. The molecule has 182 valence electrons. The fraction of sp³-hybridized carbons (Fsp3) is 0.393. The maximum Gasteiger partial charge on any atom is 0.274 e. The van der Waals surface area contributed by atoms with Gasteiger partial charge < -0.3 is 10.2 Å². The Morgan fingerprint density at radius 2 is 1.83 bits per heavy atom. The maximum absolute atomic E-state index is 13.8. The van der Waals surface area contributed by atoms with Gasteiger partial charge >= 0.3 is 0 Å². The highest BCUT2D eigenvalue weighted by Gasteiger charge is 2.33. The van der Waals surface area contributed by atoms with E-state index in [4.69, 9.17) is 5.10 Å². The van der Waals surface area contributed by atoms with Crippen LogP contribution in [0.1, 0.15) is 57.7 Å². The lowest BCUT2D eigenvalue weighted by Gasteiger charge is -2.31. The number of carbonyl (C=O) groups is 2. The molecular formula is C28H31FN4O2. The molecule has 0 unspecified atom stereocenters. The molecule has 2 heterocycles. The van der Waals surface area contributed by atoms with E-state index in [1.165, 1.54) is 6.07 Å². The van der Waals surface area contributed by atoms with Crippen LogP contribution in [0.3, 0.4) is 0 Å². The van der Waals surface area contributed by atoms with E-state index in [-0.39, 0.29) is 23.5 Å². The zero-order chi connectivity index (χ0) is 24.5. The molecule has 35 heavy (non-hydrogen) atoms. The minimum Gasteiger partial charge on any atom is -0.352 e. The average Bonchev–Trinajstić information content (AvgIpc) is 3.48. The van der Waals surface area contributed by atoms with Crippen LogP contribution in [-0.4, -0.2) is 39.6 Å². The Balaban J connectivity index is 1.23. The van der Waals surface area contributed by atoms with Gasteiger partial charge in [0.2, 0.25) is 5.91 Å². The number of benzene rings is 2. The summed E-state index contributed by atoms with van der Waals surface area (Å²) in [4.78, 5) is 28.0. The van der Waals surface area contributed by atoms with Crippen molar-refractivity contribution in [1.29, 1.82) is 0 Å². The minimum absolute atomic E-state index is 0.0375. The van der Waals surface area contributed by atoms with E-state index in [1.54, 1.807) is 13.0 Å². The highest BCUT2D eigenvalue weighted by molar-refractivity contribution is 5.94. The van der Waals surface area contributed by atoms with Gasteiger partial charge in [-0.3, -0.25) is 9.59 Å². The van der Waals surface area contributed by atoms with E-state index in [2.05, 4.69) is 18.3 Å². The predicted molar refractivity (Wildman–Crippen MR) is 132 cm³/mol. The summed E-state index contributed by atoms with van der Waals surface area (Å²) < 4.78 is 15.7. The van der Waals surface area contributed by atoms with Crippen LogP contribution in [-0.2, 0) is 24.2 Å². The standard InChI is InChI=1S/C28H31FN4O2/c1-18-10-11-20(16-23(18)29)17-30-27(34)21-12-14-32(15-13-21)28(35)26-22-7-5-9-25(22)33(31-26)24-8-4-3-6-19(24)2/h3-4,6,8,10-11,16,21H,5,7,9,12-15,17H2,1-2H3,(H,30,34). The number of hydrogen-bond donors (Lipinski definition) is 1. The molecule has 5 rings (SSSR count). The van der Waals surface area contributed by atoms with Crippen LogP contribution < -0.4 is 5.32 Å². The molecule has 0 radical (unpaired) electrons. The van der Waals surface area contributed by atoms with Crippen LogP contribution in [0.4, 0.5) is 4.39 Å². The molecule has 1 N–H and O–H groups in total. The molecule has 1 aliphatic heterocycles. The summed E-state index contributed by atoms with van der Waals surface area (Å²) >= 11 is 0. The third-order valence-corrected chi connectivity index (χ3v) is 7.33. The summed E-state index contributed by atoms with van der Waals surface area (Å²) in [6.45, 7) is 5.14. The van der Waals surface area contributed by atoms with E-state index < -0.39 is 0 Å². The fourth-order valence-corrected chi connectivity index (χ4v) is 5.18. The van der Waals surface area contributed by atoms with Crippen molar-refractivity contribution in [2.45, 2.75) is 52.5 Å². The topological polar surface area (TPSA) is 67.2 Å². The number of nitrogens with zero attached hydrogens (tertiary/aromatic N) is 3. The highest BCUT2D eigenvalue weighted by atomic mass is 19.1. The van der Waals surface area contributed by atoms with Crippen molar-refractivity contribution in [2.24, 2.45) is 5.92 Å². The van der Waals surface area contributed by atoms with Crippen LogP contribution in [0, 0.1) is 25.6 Å². The molecule has 7 heteroatoms. The van der Waals surface area contributed by atoms with Gasteiger partial charge in [0.05, 0.1) is 5.69 Å². The molecular weight excluding hydrogens is 443 g/mol. The van der Waals surface area contributed by atoms with Crippen molar-refractivity contribution in [2.75, 3.05) is 13.1 Å². The normalized spacial score (nSPS) is 15.8. The number of hydrogen-bond acceptors (Lipinski definition) is 3. The summed E-state index contributed by atoms with van der Waals surface area (Å²) in [5.74, 6) is -0.489. The van der Waals surface area contributed by atoms with E-state index >= 15 is 0 Å². The number of likely N-dealkylation sites (tertiary alicyclic amines) is 1. The van der Waals surface area contributed by atoms with Gasteiger partial charge in [-0.1, -0.05) is 30.3 Å². The van der Waals surface area contributed by atoms with Crippen LogP contribution in [0.2, 0.25) is 0 Å². The Morgan fingerprint density at radius 1 is 1.06 bits per heavy atom. The first kappa shape index (κ1) is 23.3. The van der Waals surface area contributed by atoms with Gasteiger partial charge in [-0.25, -0.2) is 9.07 Å². The number of halogens is 1. The lowest BCUT2D eigenvalue weighted by atomic mass is 9.95. The first-order valence-corrected chi connectivity index (χ1v) is 12.4. The molecule has 1 fully saturated rings. The van der Waals surface area contributed by atoms with E-state index in [0.29, 0.717) is 43.7 Å². The first-order chi connectivity index (χ1) is 16.9. The Labute approximate surface area is 205 Å².